The first kappa shape index (κ1) is 17.5. The molecule has 0 unspecified atom stereocenters. The predicted octanol–water partition coefficient (Wildman–Crippen LogP) is 4.75. The number of benzene rings is 2. The van der Waals surface area contributed by atoms with Crippen molar-refractivity contribution >= 4 is 28.5 Å². The zero-order valence-corrected chi connectivity index (χ0v) is 14.9. The first-order valence-corrected chi connectivity index (χ1v) is 9.25. The summed E-state index contributed by atoms with van der Waals surface area (Å²) < 4.78 is 28.7. The number of halogens is 2. The molecule has 4 rings (SSSR count). The van der Waals surface area contributed by atoms with E-state index in [1.165, 1.54) is 31.2 Å². The summed E-state index contributed by atoms with van der Waals surface area (Å²) in [5, 5.41) is 5.55. The Kier molecular flexibility index (Phi) is 4.79. The molecule has 0 radical (unpaired) electrons. The normalized spacial score (nSPS) is 18.2. The second kappa shape index (κ2) is 7.39. The second-order valence-corrected chi connectivity index (χ2v) is 6.89. The van der Waals surface area contributed by atoms with Crippen LogP contribution in [0.5, 0.6) is 0 Å². The third-order valence-corrected chi connectivity index (χ3v) is 5.05. The van der Waals surface area contributed by atoms with Gasteiger partial charge in [0.1, 0.15) is 11.6 Å². The van der Waals surface area contributed by atoms with E-state index in [-0.39, 0.29) is 22.9 Å². The number of carbonyl (C=O) groups is 1. The van der Waals surface area contributed by atoms with Gasteiger partial charge in [0, 0.05) is 30.5 Å². The number of hydrogen-bond acceptors (Lipinski definition) is 3. The second-order valence-electron chi connectivity index (χ2n) is 6.89. The molecule has 2 aliphatic rings. The topological polar surface area (TPSA) is 44.4 Å². The van der Waals surface area contributed by atoms with Crippen LogP contribution in [0.2, 0.25) is 0 Å². The number of hydrogen-bond donors (Lipinski definition) is 2. The number of anilines is 3. The van der Waals surface area contributed by atoms with Crippen molar-refractivity contribution in [2.24, 2.45) is 0 Å². The number of amides is 1. The Morgan fingerprint density at radius 1 is 1.00 bits per heavy atom. The number of nitrogens with zero attached hydrogens (tertiary/aromatic N) is 1. The van der Waals surface area contributed by atoms with E-state index >= 15 is 0 Å². The molecule has 1 fully saturated rings. The highest BCUT2D eigenvalue weighted by Gasteiger charge is 2.27. The van der Waals surface area contributed by atoms with E-state index in [1.807, 2.05) is 0 Å². The van der Waals surface area contributed by atoms with Crippen molar-refractivity contribution in [2.75, 3.05) is 28.6 Å². The van der Waals surface area contributed by atoms with Gasteiger partial charge in [-0.3, -0.25) is 4.79 Å². The summed E-state index contributed by atoms with van der Waals surface area (Å²) in [6, 6.07) is 9.43. The predicted molar refractivity (Wildman–Crippen MR) is 104 cm³/mol. The van der Waals surface area contributed by atoms with E-state index in [4.69, 9.17) is 0 Å². The number of nitrogens with one attached hydrogen (secondary N) is 2. The van der Waals surface area contributed by atoms with E-state index in [0.717, 1.165) is 25.9 Å². The van der Waals surface area contributed by atoms with Gasteiger partial charge in [-0.05, 0) is 43.2 Å². The number of carbonyl (C=O) groups excluding carboxylic acids is 1. The van der Waals surface area contributed by atoms with Gasteiger partial charge >= 0.3 is 0 Å². The molecule has 2 heterocycles. The van der Waals surface area contributed by atoms with Crippen LogP contribution in [0.3, 0.4) is 0 Å². The fraction of sp³-hybridized carbons (Fsp3) is 0.286. The molecule has 0 bridgehead atoms. The van der Waals surface area contributed by atoms with Gasteiger partial charge in [-0.2, -0.15) is 0 Å². The Labute approximate surface area is 156 Å². The van der Waals surface area contributed by atoms with Crippen molar-refractivity contribution in [3.05, 3.63) is 59.8 Å². The van der Waals surface area contributed by atoms with Crippen LogP contribution in [0.25, 0.3) is 5.57 Å². The minimum absolute atomic E-state index is 0.195. The Morgan fingerprint density at radius 2 is 1.78 bits per heavy atom. The van der Waals surface area contributed by atoms with E-state index in [1.54, 1.807) is 24.3 Å². The smallest absolute Gasteiger partial charge is 0.257 e. The van der Waals surface area contributed by atoms with Gasteiger partial charge in [-0.1, -0.05) is 18.9 Å². The molecule has 2 aromatic rings. The third-order valence-electron chi connectivity index (χ3n) is 5.05. The van der Waals surface area contributed by atoms with E-state index in [2.05, 4.69) is 15.5 Å². The molecule has 0 aromatic heterocycles. The van der Waals surface area contributed by atoms with Gasteiger partial charge in [0.25, 0.3) is 5.91 Å². The van der Waals surface area contributed by atoms with Crippen LogP contribution in [0.4, 0.5) is 25.8 Å². The summed E-state index contributed by atoms with van der Waals surface area (Å²) in [5.74, 6) is -1.16. The van der Waals surface area contributed by atoms with Crippen LogP contribution < -0.4 is 15.5 Å². The lowest BCUT2D eigenvalue weighted by Crippen LogP contribution is -2.24. The van der Waals surface area contributed by atoms with Crippen molar-refractivity contribution < 1.29 is 13.6 Å². The summed E-state index contributed by atoms with van der Waals surface area (Å²) in [7, 11) is 0. The summed E-state index contributed by atoms with van der Waals surface area (Å²) in [6.45, 7) is 1.73. The zero-order chi connectivity index (χ0) is 18.8. The molecule has 1 saturated heterocycles. The summed E-state index contributed by atoms with van der Waals surface area (Å²) in [6.07, 6.45) is 5.94. The van der Waals surface area contributed by atoms with Gasteiger partial charge in [0.05, 0.1) is 16.9 Å². The van der Waals surface area contributed by atoms with E-state index in [9.17, 15) is 13.6 Å². The van der Waals surface area contributed by atoms with Crippen molar-refractivity contribution in [2.45, 2.75) is 25.7 Å². The standard InChI is InChI=1S/C21H21F2N3O/c22-16-6-5-7-18-20(16)15(21(27)25-18)13-24-14-8-9-19(17(23)12-14)26-10-3-1-2-4-11-26/h5-9,12-13,24H,1-4,10-11H2,(H,25,27). The molecule has 2 aromatic carbocycles. The Bertz CT molecular complexity index is 902. The largest absolute Gasteiger partial charge is 0.369 e. The monoisotopic (exact) mass is 369 g/mol. The zero-order valence-electron chi connectivity index (χ0n) is 14.9. The first-order valence-electron chi connectivity index (χ1n) is 9.25. The molecule has 0 atom stereocenters. The molecule has 6 heteroatoms. The van der Waals surface area contributed by atoms with Gasteiger partial charge in [0.15, 0.2) is 0 Å². The maximum atomic E-state index is 14.6. The Morgan fingerprint density at radius 3 is 2.52 bits per heavy atom. The average molecular weight is 369 g/mol. The van der Waals surface area contributed by atoms with Crippen LogP contribution in [0.1, 0.15) is 31.2 Å². The van der Waals surface area contributed by atoms with Crippen LogP contribution in [0.15, 0.2) is 42.6 Å². The Hall–Kier alpha value is -2.89. The molecule has 4 nitrogen and oxygen atoms in total. The van der Waals surface area contributed by atoms with Crippen LogP contribution in [-0.4, -0.2) is 19.0 Å². The minimum Gasteiger partial charge on any atom is -0.369 e. The number of fused-ring (bicyclic) bond motifs is 1. The fourth-order valence-corrected chi connectivity index (χ4v) is 3.66. The maximum Gasteiger partial charge on any atom is 0.257 e. The summed E-state index contributed by atoms with van der Waals surface area (Å²) in [4.78, 5) is 14.2. The highest BCUT2D eigenvalue weighted by atomic mass is 19.1. The van der Waals surface area contributed by atoms with Crippen LogP contribution in [0, 0.1) is 11.6 Å². The maximum absolute atomic E-state index is 14.6. The van der Waals surface area contributed by atoms with E-state index in [0.29, 0.717) is 17.1 Å². The molecule has 1 amide bonds. The molecule has 0 aliphatic carbocycles. The Balaban J connectivity index is 1.55. The van der Waals surface area contributed by atoms with Gasteiger partial charge in [0.2, 0.25) is 0 Å². The molecule has 140 valence electrons. The van der Waals surface area contributed by atoms with Crippen molar-refractivity contribution in [3.63, 3.8) is 0 Å². The molecule has 2 aliphatic heterocycles. The van der Waals surface area contributed by atoms with Gasteiger partial charge < -0.3 is 15.5 Å². The quantitative estimate of drug-likeness (QED) is 0.768. The van der Waals surface area contributed by atoms with E-state index < -0.39 is 5.82 Å². The molecular weight excluding hydrogens is 348 g/mol. The SMILES string of the molecule is O=C1Nc2cccc(F)c2C1=CNc1ccc(N2CCCCCC2)c(F)c1. The molecule has 0 saturated carbocycles. The first-order chi connectivity index (χ1) is 13.1. The molecule has 27 heavy (non-hydrogen) atoms. The lowest BCUT2D eigenvalue weighted by atomic mass is 10.1. The highest BCUT2D eigenvalue weighted by molar-refractivity contribution is 6.31. The summed E-state index contributed by atoms with van der Waals surface area (Å²) in [5.41, 5.74) is 1.98. The van der Waals surface area contributed by atoms with Crippen molar-refractivity contribution in [3.8, 4) is 0 Å². The van der Waals surface area contributed by atoms with Crippen LogP contribution >= 0.6 is 0 Å². The highest BCUT2D eigenvalue weighted by Crippen LogP contribution is 2.34. The fourth-order valence-electron chi connectivity index (χ4n) is 3.66. The molecule has 0 spiro atoms. The third kappa shape index (κ3) is 3.52. The van der Waals surface area contributed by atoms with Gasteiger partial charge in [-0.15, -0.1) is 0 Å². The molecule has 2 N–H and O–H groups in total. The molecular formula is C21H21F2N3O. The van der Waals surface area contributed by atoms with Gasteiger partial charge in [-0.25, -0.2) is 8.78 Å². The number of rotatable bonds is 3. The summed E-state index contributed by atoms with van der Waals surface area (Å²) >= 11 is 0. The van der Waals surface area contributed by atoms with Crippen LogP contribution in [-0.2, 0) is 4.79 Å². The lowest BCUT2D eigenvalue weighted by Gasteiger charge is -2.23. The van der Waals surface area contributed by atoms with Crippen molar-refractivity contribution in [1.29, 1.82) is 0 Å². The average Bonchev–Trinajstić information content (AvgIpc) is 2.82. The van der Waals surface area contributed by atoms with Crippen molar-refractivity contribution in [1.82, 2.24) is 0 Å². The minimum atomic E-state index is -0.471. The lowest BCUT2D eigenvalue weighted by molar-refractivity contribution is -0.110.